The Hall–Kier alpha value is -1.88. The first kappa shape index (κ1) is 12.2. The van der Waals surface area contributed by atoms with Crippen molar-refractivity contribution < 1.29 is 0 Å². The maximum atomic E-state index is 4.50. The minimum absolute atomic E-state index is 0.329. The van der Waals surface area contributed by atoms with Crippen LogP contribution in [0.5, 0.6) is 0 Å². The van der Waals surface area contributed by atoms with Gasteiger partial charge in [-0.1, -0.05) is 6.07 Å². The number of hydrogen-bond acceptors (Lipinski definition) is 4. The molecule has 0 radical (unpaired) electrons. The van der Waals surface area contributed by atoms with Crippen molar-refractivity contribution in [3.05, 3.63) is 40.8 Å². The number of anilines is 1. The molecule has 98 valence electrons. The van der Waals surface area contributed by atoms with Gasteiger partial charge in [-0.25, -0.2) is 9.67 Å². The van der Waals surface area contributed by atoms with Gasteiger partial charge in [0.15, 0.2) is 5.65 Å². The molecule has 19 heavy (non-hydrogen) atoms. The summed E-state index contributed by atoms with van der Waals surface area (Å²) >= 11 is 1.75. The highest BCUT2D eigenvalue weighted by Crippen LogP contribution is 2.20. The molecule has 1 N–H and O–H groups in total. The maximum absolute atomic E-state index is 4.50. The van der Waals surface area contributed by atoms with Crippen LogP contribution in [0.3, 0.4) is 0 Å². The van der Waals surface area contributed by atoms with Crippen molar-refractivity contribution in [3.8, 4) is 0 Å². The molecule has 3 aromatic heterocycles. The standard InChI is InChI=1S/C14H16N4S/c1-10(2)18-14-11(7-17-18)6-12(8-16-14)15-9-13-4-3-5-19-13/h3-8,10,15H,9H2,1-2H3. The molecule has 0 aromatic carbocycles. The quantitative estimate of drug-likeness (QED) is 0.787. The minimum atomic E-state index is 0.329. The second-order valence-electron chi connectivity index (χ2n) is 4.75. The highest BCUT2D eigenvalue weighted by atomic mass is 32.1. The first-order valence-corrected chi connectivity index (χ1v) is 7.21. The summed E-state index contributed by atoms with van der Waals surface area (Å²) in [6, 6.07) is 6.62. The zero-order valence-corrected chi connectivity index (χ0v) is 11.8. The molecule has 0 aliphatic carbocycles. The molecule has 5 heteroatoms. The monoisotopic (exact) mass is 272 g/mol. The van der Waals surface area contributed by atoms with Crippen LogP contribution in [0.4, 0.5) is 5.69 Å². The van der Waals surface area contributed by atoms with Crippen LogP contribution < -0.4 is 5.32 Å². The number of rotatable bonds is 4. The lowest BCUT2D eigenvalue weighted by molar-refractivity contribution is 0.546. The van der Waals surface area contributed by atoms with Crippen LogP contribution in [0.15, 0.2) is 36.0 Å². The third-order valence-electron chi connectivity index (χ3n) is 2.97. The maximum Gasteiger partial charge on any atom is 0.158 e. The summed E-state index contributed by atoms with van der Waals surface area (Å²) < 4.78 is 1.94. The number of thiophene rings is 1. The smallest absolute Gasteiger partial charge is 0.158 e. The molecular formula is C14H16N4S. The predicted molar refractivity (Wildman–Crippen MR) is 79.6 cm³/mol. The fourth-order valence-corrected chi connectivity index (χ4v) is 2.66. The van der Waals surface area contributed by atoms with Gasteiger partial charge in [0.05, 0.1) is 18.1 Å². The molecule has 0 aliphatic heterocycles. The fraction of sp³-hybridized carbons (Fsp3) is 0.286. The number of fused-ring (bicyclic) bond motifs is 1. The van der Waals surface area contributed by atoms with Crippen LogP contribution >= 0.6 is 11.3 Å². The normalized spacial score (nSPS) is 11.3. The lowest BCUT2D eigenvalue weighted by Gasteiger charge is -2.07. The summed E-state index contributed by atoms with van der Waals surface area (Å²) in [7, 11) is 0. The van der Waals surface area contributed by atoms with Crippen LogP contribution in [0.25, 0.3) is 11.0 Å². The Balaban J connectivity index is 1.82. The molecule has 0 amide bonds. The number of pyridine rings is 1. The highest BCUT2D eigenvalue weighted by Gasteiger charge is 2.07. The molecule has 0 saturated carbocycles. The lowest BCUT2D eigenvalue weighted by Crippen LogP contribution is -2.03. The molecule has 3 rings (SSSR count). The van der Waals surface area contributed by atoms with Crippen molar-refractivity contribution in [1.82, 2.24) is 14.8 Å². The predicted octanol–water partition coefficient (Wildman–Crippen LogP) is 3.69. The summed E-state index contributed by atoms with van der Waals surface area (Å²) in [4.78, 5) is 5.82. The average Bonchev–Trinajstić information content (AvgIpc) is 3.05. The SMILES string of the molecule is CC(C)n1ncc2cc(NCc3cccs3)cnc21. The summed E-state index contributed by atoms with van der Waals surface area (Å²) in [5.41, 5.74) is 1.97. The van der Waals surface area contributed by atoms with E-state index < -0.39 is 0 Å². The number of hydrogen-bond donors (Lipinski definition) is 1. The van der Waals surface area contributed by atoms with E-state index in [1.54, 1.807) is 11.3 Å². The number of nitrogens with zero attached hydrogens (tertiary/aromatic N) is 3. The zero-order chi connectivity index (χ0) is 13.2. The second-order valence-corrected chi connectivity index (χ2v) is 5.78. The molecule has 0 unspecified atom stereocenters. The van der Waals surface area contributed by atoms with Crippen molar-refractivity contribution in [3.63, 3.8) is 0 Å². The van der Waals surface area contributed by atoms with Crippen LogP contribution in [-0.2, 0) is 6.54 Å². The van der Waals surface area contributed by atoms with E-state index >= 15 is 0 Å². The Kier molecular flexibility index (Phi) is 3.21. The van der Waals surface area contributed by atoms with Gasteiger partial charge in [-0.05, 0) is 31.4 Å². The van der Waals surface area contributed by atoms with Crippen molar-refractivity contribution >= 4 is 28.1 Å². The van der Waals surface area contributed by atoms with E-state index in [1.807, 2.05) is 17.1 Å². The Bertz CT molecular complexity index is 670. The zero-order valence-electron chi connectivity index (χ0n) is 11.0. The van der Waals surface area contributed by atoms with Crippen LogP contribution in [0, 0.1) is 0 Å². The van der Waals surface area contributed by atoms with Gasteiger partial charge in [-0.3, -0.25) is 0 Å². The van der Waals surface area contributed by atoms with Crippen LogP contribution in [0.2, 0.25) is 0 Å². The summed E-state index contributed by atoms with van der Waals surface area (Å²) in [5, 5.41) is 10.9. The van der Waals surface area contributed by atoms with Gasteiger partial charge >= 0.3 is 0 Å². The molecule has 0 aliphatic rings. The van der Waals surface area contributed by atoms with Crippen LogP contribution in [0.1, 0.15) is 24.8 Å². The second kappa shape index (κ2) is 5.01. The largest absolute Gasteiger partial charge is 0.379 e. The third kappa shape index (κ3) is 2.46. The molecular weight excluding hydrogens is 256 g/mol. The van der Waals surface area contributed by atoms with Crippen LogP contribution in [-0.4, -0.2) is 14.8 Å². The van der Waals surface area contributed by atoms with Gasteiger partial charge in [0, 0.05) is 22.8 Å². The Morgan fingerprint density at radius 2 is 2.26 bits per heavy atom. The average molecular weight is 272 g/mol. The van der Waals surface area contributed by atoms with E-state index in [0.29, 0.717) is 6.04 Å². The van der Waals surface area contributed by atoms with Gasteiger partial charge in [0.1, 0.15) is 0 Å². The molecule has 0 spiro atoms. The van der Waals surface area contributed by atoms with E-state index in [1.165, 1.54) is 4.88 Å². The van der Waals surface area contributed by atoms with E-state index in [2.05, 4.69) is 52.8 Å². The summed E-state index contributed by atoms with van der Waals surface area (Å²) in [5.74, 6) is 0. The van der Waals surface area contributed by atoms with E-state index in [4.69, 9.17) is 0 Å². The van der Waals surface area contributed by atoms with Crippen molar-refractivity contribution in [2.24, 2.45) is 0 Å². The highest BCUT2D eigenvalue weighted by molar-refractivity contribution is 7.09. The molecule has 0 bridgehead atoms. The Morgan fingerprint density at radius 3 is 3.00 bits per heavy atom. The van der Waals surface area contributed by atoms with Gasteiger partial charge in [-0.15, -0.1) is 11.3 Å². The first-order valence-electron chi connectivity index (χ1n) is 6.33. The van der Waals surface area contributed by atoms with E-state index in [9.17, 15) is 0 Å². The molecule has 0 fully saturated rings. The lowest BCUT2D eigenvalue weighted by atomic mass is 10.3. The van der Waals surface area contributed by atoms with Gasteiger partial charge < -0.3 is 5.32 Å². The van der Waals surface area contributed by atoms with E-state index in [0.717, 1.165) is 23.3 Å². The molecule has 3 heterocycles. The fourth-order valence-electron chi connectivity index (χ4n) is 2.02. The Morgan fingerprint density at radius 1 is 1.37 bits per heavy atom. The molecule has 0 atom stereocenters. The topological polar surface area (TPSA) is 42.7 Å². The first-order chi connectivity index (χ1) is 9.24. The summed E-state index contributed by atoms with van der Waals surface area (Å²) in [6.45, 7) is 5.05. The third-order valence-corrected chi connectivity index (χ3v) is 3.85. The van der Waals surface area contributed by atoms with Gasteiger partial charge in [0.25, 0.3) is 0 Å². The van der Waals surface area contributed by atoms with Crippen molar-refractivity contribution in [2.45, 2.75) is 26.4 Å². The molecule has 0 saturated heterocycles. The van der Waals surface area contributed by atoms with Crippen molar-refractivity contribution in [1.29, 1.82) is 0 Å². The van der Waals surface area contributed by atoms with Gasteiger partial charge in [0.2, 0.25) is 0 Å². The number of aromatic nitrogens is 3. The van der Waals surface area contributed by atoms with Crippen molar-refractivity contribution in [2.75, 3.05) is 5.32 Å². The number of nitrogens with one attached hydrogen (secondary N) is 1. The molecule has 4 nitrogen and oxygen atoms in total. The molecule has 3 aromatic rings. The van der Waals surface area contributed by atoms with Gasteiger partial charge in [-0.2, -0.15) is 5.10 Å². The minimum Gasteiger partial charge on any atom is -0.379 e. The van der Waals surface area contributed by atoms with E-state index in [-0.39, 0.29) is 0 Å². The Labute approximate surface area is 116 Å². The summed E-state index contributed by atoms with van der Waals surface area (Å²) in [6.07, 6.45) is 3.75.